The fourth-order valence-corrected chi connectivity index (χ4v) is 3.27. The van der Waals surface area contributed by atoms with Crippen molar-refractivity contribution in [1.82, 2.24) is 14.8 Å². The lowest BCUT2D eigenvalue weighted by molar-refractivity contribution is -0.130. The molecule has 2 amide bonds. The van der Waals surface area contributed by atoms with E-state index in [2.05, 4.69) is 10.3 Å². The number of hydrogen-bond acceptors (Lipinski definition) is 4. The number of hydrogen-bond donors (Lipinski definition) is 1. The van der Waals surface area contributed by atoms with Gasteiger partial charge in [0.05, 0.1) is 15.7 Å². The summed E-state index contributed by atoms with van der Waals surface area (Å²) in [4.78, 5) is 31.7. The van der Waals surface area contributed by atoms with Gasteiger partial charge >= 0.3 is 0 Å². The third-order valence-corrected chi connectivity index (χ3v) is 4.85. The Bertz CT molecular complexity index is 815. The maximum absolute atomic E-state index is 12.7. The van der Waals surface area contributed by atoms with Gasteiger partial charge in [0.25, 0.3) is 5.91 Å². The van der Waals surface area contributed by atoms with Crippen LogP contribution in [0.5, 0.6) is 0 Å². The van der Waals surface area contributed by atoms with Crippen molar-refractivity contribution < 1.29 is 9.59 Å². The zero-order valence-electron chi connectivity index (χ0n) is 14.2. The Kier molecular flexibility index (Phi) is 5.64. The van der Waals surface area contributed by atoms with Crippen molar-refractivity contribution in [2.24, 2.45) is 0 Å². The molecule has 0 radical (unpaired) electrons. The Morgan fingerprint density at radius 3 is 2.27 bits per heavy atom. The van der Waals surface area contributed by atoms with E-state index < -0.39 is 0 Å². The molecule has 1 aromatic carbocycles. The first-order valence-electron chi connectivity index (χ1n) is 8.17. The van der Waals surface area contributed by atoms with Crippen LogP contribution in [0.15, 0.2) is 36.5 Å². The number of para-hydroxylation sites is 1. The Labute approximate surface area is 161 Å². The number of benzene rings is 1. The molecule has 1 fully saturated rings. The quantitative estimate of drug-likeness (QED) is 0.868. The van der Waals surface area contributed by atoms with E-state index in [1.165, 1.54) is 6.92 Å². The van der Waals surface area contributed by atoms with E-state index in [-0.39, 0.29) is 11.8 Å². The number of nitrogens with one attached hydrogen (secondary N) is 1. The van der Waals surface area contributed by atoms with Crippen molar-refractivity contribution in [3.05, 3.63) is 52.3 Å². The van der Waals surface area contributed by atoms with E-state index in [0.717, 1.165) is 0 Å². The molecule has 0 spiro atoms. The van der Waals surface area contributed by atoms with Gasteiger partial charge in [-0.1, -0.05) is 29.3 Å². The van der Waals surface area contributed by atoms with Gasteiger partial charge in [0, 0.05) is 45.0 Å². The lowest BCUT2D eigenvalue weighted by Gasteiger charge is -2.34. The minimum Gasteiger partial charge on any atom is -0.353 e. The van der Waals surface area contributed by atoms with Gasteiger partial charge in [-0.3, -0.25) is 14.6 Å². The number of carbonyl (C=O) groups is 2. The van der Waals surface area contributed by atoms with Crippen LogP contribution in [0.4, 0.5) is 11.4 Å². The number of pyridine rings is 1. The molecule has 1 aliphatic rings. The minimum atomic E-state index is -0.165. The molecular formula is C18H18Cl2N4O2. The number of halogens is 2. The highest BCUT2D eigenvalue weighted by Gasteiger charge is 2.24. The maximum Gasteiger partial charge on any atom is 0.272 e. The predicted octanol–water partition coefficient (Wildman–Crippen LogP) is 3.44. The summed E-state index contributed by atoms with van der Waals surface area (Å²) >= 11 is 12.3. The fraction of sp³-hybridized carbons (Fsp3) is 0.278. The van der Waals surface area contributed by atoms with Gasteiger partial charge in [-0.15, -0.1) is 0 Å². The molecule has 2 aromatic rings. The van der Waals surface area contributed by atoms with Crippen molar-refractivity contribution in [2.45, 2.75) is 6.92 Å². The van der Waals surface area contributed by atoms with E-state index in [1.807, 2.05) is 0 Å². The Morgan fingerprint density at radius 2 is 1.65 bits per heavy atom. The van der Waals surface area contributed by atoms with Crippen molar-refractivity contribution >= 4 is 46.4 Å². The standard InChI is InChI=1S/C18H18Cl2N4O2/c1-12(25)23-7-9-24(10-8-23)18(26)16-11-13(5-6-21-16)22-17-14(19)3-2-4-15(17)20/h2-6,11H,7-10H2,1H3,(H,21,22). The first-order chi connectivity index (χ1) is 12.5. The molecule has 1 aromatic heterocycles. The van der Waals surface area contributed by atoms with Crippen LogP contribution in [-0.4, -0.2) is 52.8 Å². The molecule has 1 N–H and O–H groups in total. The maximum atomic E-state index is 12.7. The molecule has 1 aliphatic heterocycles. The molecule has 6 nitrogen and oxygen atoms in total. The molecule has 2 heterocycles. The summed E-state index contributed by atoms with van der Waals surface area (Å²) in [6, 6.07) is 8.64. The van der Waals surface area contributed by atoms with Crippen LogP contribution < -0.4 is 5.32 Å². The summed E-state index contributed by atoms with van der Waals surface area (Å²) < 4.78 is 0. The zero-order valence-corrected chi connectivity index (χ0v) is 15.7. The molecule has 0 unspecified atom stereocenters. The molecule has 0 saturated carbocycles. The third-order valence-electron chi connectivity index (χ3n) is 4.22. The van der Waals surface area contributed by atoms with Crippen LogP contribution in [0.3, 0.4) is 0 Å². The first kappa shape index (κ1) is 18.5. The van der Waals surface area contributed by atoms with Crippen LogP contribution >= 0.6 is 23.2 Å². The number of rotatable bonds is 3. The largest absolute Gasteiger partial charge is 0.353 e. The predicted molar refractivity (Wildman–Crippen MR) is 102 cm³/mol. The van der Waals surface area contributed by atoms with Crippen LogP contribution in [0.2, 0.25) is 10.0 Å². The van der Waals surface area contributed by atoms with E-state index in [4.69, 9.17) is 23.2 Å². The van der Waals surface area contributed by atoms with Gasteiger partial charge in [0.1, 0.15) is 5.69 Å². The zero-order chi connectivity index (χ0) is 18.7. The van der Waals surface area contributed by atoms with Crippen LogP contribution in [-0.2, 0) is 4.79 Å². The SMILES string of the molecule is CC(=O)N1CCN(C(=O)c2cc(Nc3c(Cl)cccc3Cl)ccn2)CC1. The second kappa shape index (κ2) is 7.93. The summed E-state index contributed by atoms with van der Waals surface area (Å²) in [6.07, 6.45) is 1.56. The molecule has 1 saturated heterocycles. The van der Waals surface area contributed by atoms with E-state index >= 15 is 0 Å². The number of nitrogens with zero attached hydrogens (tertiary/aromatic N) is 3. The summed E-state index contributed by atoms with van der Waals surface area (Å²) in [7, 11) is 0. The van der Waals surface area contributed by atoms with E-state index in [0.29, 0.717) is 53.3 Å². The van der Waals surface area contributed by atoms with Crippen molar-refractivity contribution in [2.75, 3.05) is 31.5 Å². The number of anilines is 2. The second-order valence-corrected chi connectivity index (χ2v) is 6.76. The van der Waals surface area contributed by atoms with Gasteiger partial charge in [0.15, 0.2) is 0 Å². The highest BCUT2D eigenvalue weighted by Crippen LogP contribution is 2.32. The summed E-state index contributed by atoms with van der Waals surface area (Å²) in [6.45, 7) is 3.60. The molecule has 136 valence electrons. The van der Waals surface area contributed by atoms with Crippen LogP contribution in [0.1, 0.15) is 17.4 Å². The third kappa shape index (κ3) is 4.08. The fourth-order valence-electron chi connectivity index (χ4n) is 2.77. The summed E-state index contributed by atoms with van der Waals surface area (Å²) in [5, 5.41) is 4.11. The molecule has 0 atom stereocenters. The van der Waals surface area contributed by atoms with Gasteiger partial charge in [-0.05, 0) is 24.3 Å². The topological polar surface area (TPSA) is 65.5 Å². The number of amides is 2. The molecule has 0 aliphatic carbocycles. The van der Waals surface area contributed by atoms with Crippen molar-refractivity contribution in [3.63, 3.8) is 0 Å². The minimum absolute atomic E-state index is 0.0260. The summed E-state index contributed by atoms with van der Waals surface area (Å²) in [5.74, 6) is -0.139. The van der Waals surface area contributed by atoms with Crippen molar-refractivity contribution in [1.29, 1.82) is 0 Å². The van der Waals surface area contributed by atoms with Gasteiger partial charge in [0.2, 0.25) is 5.91 Å². The van der Waals surface area contributed by atoms with E-state index in [1.54, 1.807) is 46.3 Å². The Hall–Kier alpha value is -2.31. The first-order valence-corrected chi connectivity index (χ1v) is 8.93. The van der Waals surface area contributed by atoms with Crippen LogP contribution in [0, 0.1) is 0 Å². The summed E-state index contributed by atoms with van der Waals surface area (Å²) in [5.41, 5.74) is 1.57. The number of piperazine rings is 1. The Morgan fingerprint density at radius 1 is 1.04 bits per heavy atom. The number of aromatic nitrogens is 1. The van der Waals surface area contributed by atoms with Gasteiger partial charge in [-0.25, -0.2) is 0 Å². The van der Waals surface area contributed by atoms with E-state index in [9.17, 15) is 9.59 Å². The molecule has 26 heavy (non-hydrogen) atoms. The lowest BCUT2D eigenvalue weighted by atomic mass is 10.2. The highest BCUT2D eigenvalue weighted by molar-refractivity contribution is 6.39. The van der Waals surface area contributed by atoms with Crippen LogP contribution in [0.25, 0.3) is 0 Å². The average Bonchev–Trinajstić information content (AvgIpc) is 2.64. The second-order valence-electron chi connectivity index (χ2n) is 5.95. The molecule has 3 rings (SSSR count). The number of carbonyl (C=O) groups excluding carboxylic acids is 2. The monoisotopic (exact) mass is 392 g/mol. The normalized spacial score (nSPS) is 14.3. The smallest absolute Gasteiger partial charge is 0.272 e. The molecular weight excluding hydrogens is 375 g/mol. The van der Waals surface area contributed by atoms with Crippen molar-refractivity contribution in [3.8, 4) is 0 Å². The van der Waals surface area contributed by atoms with Gasteiger partial charge < -0.3 is 15.1 Å². The van der Waals surface area contributed by atoms with Gasteiger partial charge in [-0.2, -0.15) is 0 Å². The Balaban J connectivity index is 1.73. The molecule has 8 heteroatoms. The molecule has 0 bridgehead atoms. The highest BCUT2D eigenvalue weighted by atomic mass is 35.5. The lowest BCUT2D eigenvalue weighted by Crippen LogP contribution is -2.50. The average molecular weight is 393 g/mol.